The third-order valence-corrected chi connectivity index (χ3v) is 6.28. The van der Waals surface area contributed by atoms with Crippen LogP contribution in [0.25, 0.3) is 0 Å². The highest BCUT2D eigenvalue weighted by atomic mass is 32.2. The van der Waals surface area contributed by atoms with Crippen molar-refractivity contribution in [3.63, 3.8) is 0 Å². The number of unbranched alkanes of at least 4 members (excludes halogenated alkanes) is 2. The predicted octanol–water partition coefficient (Wildman–Crippen LogP) is 3.26. The number of rotatable bonds is 11. The summed E-state index contributed by atoms with van der Waals surface area (Å²) in [6.07, 6.45) is 4.53. The van der Waals surface area contributed by atoms with Gasteiger partial charge in [0.1, 0.15) is 0 Å². The maximum absolute atomic E-state index is 14.6. The highest BCUT2D eigenvalue weighted by molar-refractivity contribution is 7.91. The SMILES string of the molecule is C[C@H](CS(=O)(=O)CCCCCN)c1cccc(OCC2CC2)c1F. The van der Waals surface area contributed by atoms with Crippen molar-refractivity contribution in [3.05, 3.63) is 29.6 Å². The van der Waals surface area contributed by atoms with E-state index in [1.807, 2.05) is 0 Å². The number of hydrogen-bond donors (Lipinski definition) is 1. The first-order valence-electron chi connectivity index (χ1n) is 8.74. The summed E-state index contributed by atoms with van der Waals surface area (Å²) in [5, 5.41) is 0. The minimum atomic E-state index is -3.20. The van der Waals surface area contributed by atoms with E-state index in [-0.39, 0.29) is 17.3 Å². The van der Waals surface area contributed by atoms with Gasteiger partial charge in [-0.3, -0.25) is 0 Å². The molecule has 0 bridgehead atoms. The van der Waals surface area contributed by atoms with Gasteiger partial charge in [0, 0.05) is 0 Å². The monoisotopic (exact) mass is 357 g/mol. The molecule has 0 radical (unpaired) electrons. The molecule has 1 aromatic carbocycles. The molecule has 1 aliphatic carbocycles. The third-order valence-electron chi connectivity index (χ3n) is 4.36. The minimum Gasteiger partial charge on any atom is -0.490 e. The lowest BCUT2D eigenvalue weighted by Crippen LogP contribution is -2.17. The van der Waals surface area contributed by atoms with Crippen molar-refractivity contribution >= 4 is 9.84 Å². The van der Waals surface area contributed by atoms with Gasteiger partial charge in [-0.1, -0.05) is 25.5 Å². The average Bonchev–Trinajstić information content (AvgIpc) is 3.34. The molecular weight excluding hydrogens is 329 g/mol. The summed E-state index contributed by atoms with van der Waals surface area (Å²) in [5.74, 6) is 0.0408. The van der Waals surface area contributed by atoms with E-state index in [2.05, 4.69) is 0 Å². The summed E-state index contributed by atoms with van der Waals surface area (Å²) >= 11 is 0. The first-order valence-corrected chi connectivity index (χ1v) is 10.6. The second kappa shape index (κ2) is 8.81. The maximum Gasteiger partial charge on any atom is 0.168 e. The van der Waals surface area contributed by atoms with Crippen molar-refractivity contribution in [1.29, 1.82) is 0 Å². The molecule has 1 aromatic rings. The summed E-state index contributed by atoms with van der Waals surface area (Å²) in [6.45, 7) is 2.87. The summed E-state index contributed by atoms with van der Waals surface area (Å²) in [7, 11) is -3.20. The number of sulfone groups is 1. The average molecular weight is 357 g/mol. The van der Waals surface area contributed by atoms with Crippen LogP contribution >= 0.6 is 0 Å². The normalized spacial score (nSPS) is 16.1. The zero-order valence-electron chi connectivity index (χ0n) is 14.3. The van der Waals surface area contributed by atoms with Gasteiger partial charge in [-0.2, -0.15) is 0 Å². The van der Waals surface area contributed by atoms with Crippen LogP contribution in [0.15, 0.2) is 18.2 Å². The molecule has 0 saturated heterocycles. The lowest BCUT2D eigenvalue weighted by atomic mass is 10.0. The Morgan fingerprint density at radius 2 is 2.04 bits per heavy atom. The number of halogens is 1. The van der Waals surface area contributed by atoms with Crippen LogP contribution in [-0.2, 0) is 9.84 Å². The van der Waals surface area contributed by atoms with Crippen molar-refractivity contribution in [1.82, 2.24) is 0 Å². The number of benzene rings is 1. The quantitative estimate of drug-likeness (QED) is 0.617. The molecule has 1 fully saturated rings. The highest BCUT2D eigenvalue weighted by Gasteiger charge is 2.24. The van der Waals surface area contributed by atoms with Gasteiger partial charge in [0.2, 0.25) is 0 Å². The Kier molecular flexibility index (Phi) is 7.04. The molecule has 6 heteroatoms. The molecule has 0 heterocycles. The van der Waals surface area contributed by atoms with E-state index < -0.39 is 21.6 Å². The summed E-state index contributed by atoms with van der Waals surface area (Å²) in [5.41, 5.74) is 5.82. The molecular formula is C18H28FNO3S. The van der Waals surface area contributed by atoms with Gasteiger partial charge in [-0.05, 0) is 55.7 Å². The lowest BCUT2D eigenvalue weighted by molar-refractivity contribution is 0.284. The molecule has 0 aromatic heterocycles. The predicted molar refractivity (Wildman–Crippen MR) is 94.6 cm³/mol. The van der Waals surface area contributed by atoms with E-state index in [0.717, 1.165) is 25.7 Å². The van der Waals surface area contributed by atoms with Crippen molar-refractivity contribution in [2.45, 2.75) is 44.9 Å². The molecule has 0 amide bonds. The zero-order valence-corrected chi connectivity index (χ0v) is 15.2. The van der Waals surface area contributed by atoms with Gasteiger partial charge in [0.05, 0.1) is 18.1 Å². The molecule has 0 aliphatic heterocycles. The Morgan fingerprint density at radius 3 is 2.71 bits per heavy atom. The second-order valence-electron chi connectivity index (χ2n) is 6.78. The zero-order chi connectivity index (χ0) is 17.6. The molecule has 1 saturated carbocycles. The molecule has 0 unspecified atom stereocenters. The Balaban J connectivity index is 1.95. The largest absolute Gasteiger partial charge is 0.490 e. The van der Waals surface area contributed by atoms with Crippen LogP contribution in [0, 0.1) is 11.7 Å². The fourth-order valence-corrected chi connectivity index (χ4v) is 4.46. The van der Waals surface area contributed by atoms with Gasteiger partial charge in [-0.25, -0.2) is 12.8 Å². The maximum atomic E-state index is 14.6. The molecule has 136 valence electrons. The third kappa shape index (κ3) is 6.06. The molecule has 2 N–H and O–H groups in total. The number of nitrogens with two attached hydrogens (primary N) is 1. The van der Waals surface area contributed by atoms with Crippen molar-refractivity contribution in [2.75, 3.05) is 24.7 Å². The fraction of sp³-hybridized carbons (Fsp3) is 0.667. The smallest absolute Gasteiger partial charge is 0.168 e. The molecule has 24 heavy (non-hydrogen) atoms. The van der Waals surface area contributed by atoms with E-state index in [9.17, 15) is 12.8 Å². The first-order chi connectivity index (χ1) is 11.4. The van der Waals surface area contributed by atoms with Crippen LogP contribution in [-0.4, -0.2) is 33.1 Å². The van der Waals surface area contributed by atoms with Crippen molar-refractivity contribution in [3.8, 4) is 5.75 Å². The van der Waals surface area contributed by atoms with Crippen molar-refractivity contribution in [2.24, 2.45) is 11.7 Å². The van der Waals surface area contributed by atoms with Gasteiger partial charge in [0.25, 0.3) is 0 Å². The van der Waals surface area contributed by atoms with Gasteiger partial charge in [0.15, 0.2) is 21.4 Å². The molecule has 1 atom stereocenters. The fourth-order valence-electron chi connectivity index (χ4n) is 2.71. The first kappa shape index (κ1) is 19.2. The van der Waals surface area contributed by atoms with Crippen molar-refractivity contribution < 1.29 is 17.5 Å². The van der Waals surface area contributed by atoms with E-state index in [1.54, 1.807) is 25.1 Å². The van der Waals surface area contributed by atoms with Gasteiger partial charge in [-0.15, -0.1) is 0 Å². The second-order valence-corrected chi connectivity index (χ2v) is 9.01. The van der Waals surface area contributed by atoms with E-state index >= 15 is 0 Å². The number of hydrogen-bond acceptors (Lipinski definition) is 4. The molecule has 0 spiro atoms. The molecule has 4 nitrogen and oxygen atoms in total. The topological polar surface area (TPSA) is 69.4 Å². The van der Waals surface area contributed by atoms with Crippen LogP contribution in [0.3, 0.4) is 0 Å². The summed E-state index contributed by atoms with van der Waals surface area (Å²) in [4.78, 5) is 0. The molecule has 1 aliphatic rings. The Hall–Kier alpha value is -1.14. The Morgan fingerprint density at radius 1 is 1.29 bits per heavy atom. The van der Waals surface area contributed by atoms with Crippen LogP contribution in [0.2, 0.25) is 0 Å². The lowest BCUT2D eigenvalue weighted by Gasteiger charge is -2.16. The minimum absolute atomic E-state index is 0.0430. The Labute approximate surface area is 144 Å². The van der Waals surface area contributed by atoms with E-state index in [1.165, 1.54) is 0 Å². The van der Waals surface area contributed by atoms with Crippen LogP contribution in [0.1, 0.15) is 50.5 Å². The van der Waals surface area contributed by atoms with Crippen LogP contribution in [0.5, 0.6) is 5.75 Å². The molecule has 2 rings (SSSR count). The highest BCUT2D eigenvalue weighted by Crippen LogP contribution is 2.32. The van der Waals surface area contributed by atoms with E-state index in [4.69, 9.17) is 10.5 Å². The Bertz CT molecular complexity index is 629. The summed E-state index contributed by atoms with van der Waals surface area (Å²) in [6, 6.07) is 4.98. The summed E-state index contributed by atoms with van der Waals surface area (Å²) < 4.78 is 44.5. The van der Waals surface area contributed by atoms with Gasteiger partial charge >= 0.3 is 0 Å². The van der Waals surface area contributed by atoms with Gasteiger partial charge < -0.3 is 10.5 Å². The van der Waals surface area contributed by atoms with Crippen LogP contribution in [0.4, 0.5) is 4.39 Å². The van der Waals surface area contributed by atoms with E-state index in [0.29, 0.717) is 31.1 Å². The number of ether oxygens (including phenoxy) is 1. The standard InChI is InChI=1S/C18H28FNO3S/c1-14(13-24(21,22)11-4-2-3-10-20)16-6-5-7-17(18(16)19)23-12-15-8-9-15/h5-7,14-15H,2-4,8-13,20H2,1H3/t14-/m1/s1. The van der Waals surface area contributed by atoms with Crippen LogP contribution < -0.4 is 10.5 Å².